The molecule has 1 amide bonds. The molecule has 3 rings (SSSR count). The van der Waals surface area contributed by atoms with Crippen molar-refractivity contribution in [2.75, 3.05) is 6.61 Å². The quantitative estimate of drug-likeness (QED) is 0.191. The molecular weight excluding hydrogens is 518 g/mol. The number of carbonyl (C=O) groups excluding carboxylic acids is 2. The smallest absolute Gasteiger partial charge is 0.408 e. The van der Waals surface area contributed by atoms with Crippen molar-refractivity contribution in [2.24, 2.45) is 0 Å². The maximum atomic E-state index is 13.0. The predicted molar refractivity (Wildman–Crippen MR) is 163 cm³/mol. The molecule has 0 aliphatic heterocycles. The monoisotopic (exact) mass is 559 g/mol. The van der Waals surface area contributed by atoms with Gasteiger partial charge in [0.05, 0.1) is 18.2 Å². The van der Waals surface area contributed by atoms with Gasteiger partial charge in [-0.1, -0.05) is 106 Å². The van der Waals surface area contributed by atoms with Crippen molar-refractivity contribution < 1.29 is 23.5 Å². The second-order valence-corrected chi connectivity index (χ2v) is 16.0. The summed E-state index contributed by atoms with van der Waals surface area (Å²) >= 11 is 0. The summed E-state index contributed by atoms with van der Waals surface area (Å²) < 4.78 is 18.5. The number of benzene rings is 3. The first kappa shape index (κ1) is 30.9. The molecule has 2 atom stereocenters. The lowest BCUT2D eigenvalue weighted by Crippen LogP contribution is -2.67. The first-order valence-corrected chi connectivity index (χ1v) is 15.4. The molecule has 0 saturated heterocycles. The SMILES string of the molecule is C=C[C@@H](OC(=O)c1ccccc1)[C@@H](CO[Si](c1ccccc1)(c1ccccc1)C(C)(C)C)NC(=O)OC(C)(C)C. The van der Waals surface area contributed by atoms with Crippen molar-refractivity contribution in [1.82, 2.24) is 5.32 Å². The molecule has 0 fully saturated rings. The first-order chi connectivity index (χ1) is 18.9. The topological polar surface area (TPSA) is 73.9 Å². The highest BCUT2D eigenvalue weighted by Crippen LogP contribution is 2.37. The van der Waals surface area contributed by atoms with Crippen molar-refractivity contribution in [2.45, 2.75) is 64.3 Å². The van der Waals surface area contributed by atoms with E-state index in [1.807, 2.05) is 42.5 Å². The molecule has 0 aromatic heterocycles. The van der Waals surface area contributed by atoms with Crippen LogP contribution in [0.3, 0.4) is 0 Å². The molecule has 3 aromatic carbocycles. The normalized spacial score (nSPS) is 13.6. The van der Waals surface area contributed by atoms with Crippen LogP contribution < -0.4 is 15.7 Å². The Bertz CT molecular complexity index is 1210. The van der Waals surface area contributed by atoms with Crippen molar-refractivity contribution in [1.29, 1.82) is 0 Å². The second kappa shape index (κ2) is 13.1. The number of esters is 1. The van der Waals surface area contributed by atoms with Gasteiger partial charge in [0.1, 0.15) is 11.7 Å². The fraction of sp³-hybridized carbons (Fsp3) is 0.333. The Morgan fingerprint density at radius 3 is 1.73 bits per heavy atom. The Kier molecular flexibility index (Phi) is 10.1. The van der Waals surface area contributed by atoms with Crippen molar-refractivity contribution in [3.63, 3.8) is 0 Å². The predicted octanol–water partition coefficient (Wildman–Crippen LogP) is 5.87. The number of hydrogen-bond acceptors (Lipinski definition) is 5. The lowest BCUT2D eigenvalue weighted by atomic mass is 10.1. The highest BCUT2D eigenvalue weighted by atomic mass is 28.4. The summed E-state index contributed by atoms with van der Waals surface area (Å²) in [6.45, 7) is 15.9. The molecule has 0 radical (unpaired) electrons. The Labute approximate surface area is 239 Å². The van der Waals surface area contributed by atoms with E-state index >= 15 is 0 Å². The minimum atomic E-state index is -2.94. The summed E-state index contributed by atoms with van der Waals surface area (Å²) in [7, 11) is -2.94. The maximum Gasteiger partial charge on any atom is 0.408 e. The van der Waals surface area contributed by atoms with Gasteiger partial charge in [-0.2, -0.15) is 0 Å². The van der Waals surface area contributed by atoms with E-state index in [1.54, 1.807) is 45.0 Å². The van der Waals surface area contributed by atoms with Gasteiger partial charge < -0.3 is 19.2 Å². The molecule has 0 unspecified atom stereocenters. The Morgan fingerprint density at radius 2 is 1.30 bits per heavy atom. The molecule has 6 nitrogen and oxygen atoms in total. The maximum absolute atomic E-state index is 13.0. The van der Waals surface area contributed by atoms with Crippen LogP contribution in [0.25, 0.3) is 0 Å². The first-order valence-electron chi connectivity index (χ1n) is 13.5. The van der Waals surface area contributed by atoms with Crippen LogP contribution in [-0.4, -0.2) is 44.7 Å². The Morgan fingerprint density at radius 1 is 0.825 bits per heavy atom. The minimum Gasteiger partial charge on any atom is -0.452 e. The molecule has 0 spiro atoms. The average Bonchev–Trinajstić information content (AvgIpc) is 2.91. The van der Waals surface area contributed by atoms with Crippen LogP contribution in [0.5, 0.6) is 0 Å². The molecule has 212 valence electrons. The van der Waals surface area contributed by atoms with E-state index in [0.29, 0.717) is 5.56 Å². The van der Waals surface area contributed by atoms with Crippen LogP contribution in [0.2, 0.25) is 5.04 Å². The van der Waals surface area contributed by atoms with Gasteiger partial charge in [0.15, 0.2) is 0 Å². The van der Waals surface area contributed by atoms with Crippen LogP contribution in [0.4, 0.5) is 4.79 Å². The zero-order chi connectivity index (χ0) is 29.4. The highest BCUT2D eigenvalue weighted by molar-refractivity contribution is 6.99. The number of carbonyl (C=O) groups is 2. The van der Waals surface area contributed by atoms with E-state index in [1.165, 1.54) is 6.08 Å². The molecule has 40 heavy (non-hydrogen) atoms. The highest BCUT2D eigenvalue weighted by Gasteiger charge is 2.50. The zero-order valence-electron chi connectivity index (χ0n) is 24.3. The summed E-state index contributed by atoms with van der Waals surface area (Å²) in [6.07, 6.45) is 0.00187. The molecular formula is C33H41NO5Si. The minimum absolute atomic E-state index is 0.0608. The summed E-state index contributed by atoms with van der Waals surface area (Å²) in [5, 5.41) is 4.81. The van der Waals surface area contributed by atoms with Crippen molar-refractivity contribution >= 4 is 30.8 Å². The van der Waals surface area contributed by atoms with Gasteiger partial charge in [-0.3, -0.25) is 0 Å². The summed E-state index contributed by atoms with van der Waals surface area (Å²) in [5.41, 5.74) is -0.309. The van der Waals surface area contributed by atoms with Gasteiger partial charge in [-0.05, 0) is 54.4 Å². The second-order valence-electron chi connectivity index (χ2n) is 11.7. The number of ether oxygens (including phenoxy) is 2. The van der Waals surface area contributed by atoms with Gasteiger partial charge in [0.25, 0.3) is 8.32 Å². The summed E-state index contributed by atoms with van der Waals surface area (Å²) in [4.78, 5) is 25.9. The van der Waals surface area contributed by atoms with Gasteiger partial charge in [0.2, 0.25) is 0 Å². The summed E-state index contributed by atoms with van der Waals surface area (Å²) in [5.74, 6) is -0.521. The van der Waals surface area contributed by atoms with E-state index < -0.39 is 38.1 Å². The molecule has 3 aromatic rings. The third-order valence-corrected chi connectivity index (χ3v) is 11.5. The molecule has 0 aliphatic rings. The largest absolute Gasteiger partial charge is 0.452 e. The van der Waals surface area contributed by atoms with Crippen LogP contribution in [0, 0.1) is 0 Å². The molecule has 0 aliphatic carbocycles. The Balaban J connectivity index is 2.02. The molecule has 0 bridgehead atoms. The standard InChI is InChI=1S/C33H41NO5Si/c1-8-29(38-30(35)25-18-12-9-13-19-25)28(34-31(36)39-32(2,3)4)24-37-40(33(5,6)7,26-20-14-10-15-21-26)27-22-16-11-17-23-27/h8-23,28-29H,1,24H2,2-7H3,(H,34,36)/t28-,29-/m1/s1. The van der Waals surface area contributed by atoms with Crippen molar-refractivity contribution in [3.8, 4) is 0 Å². The van der Waals surface area contributed by atoms with E-state index in [0.717, 1.165) is 10.4 Å². The summed E-state index contributed by atoms with van der Waals surface area (Å²) in [6, 6.07) is 28.4. The van der Waals surface area contributed by atoms with Crippen LogP contribution in [0.1, 0.15) is 51.9 Å². The molecule has 1 N–H and O–H groups in total. The van der Waals surface area contributed by atoms with Crippen LogP contribution >= 0.6 is 0 Å². The van der Waals surface area contributed by atoms with Gasteiger partial charge in [-0.15, -0.1) is 0 Å². The fourth-order valence-electron chi connectivity index (χ4n) is 4.71. The van der Waals surface area contributed by atoms with Gasteiger partial charge in [-0.25, -0.2) is 9.59 Å². The molecule has 7 heteroatoms. The fourth-order valence-corrected chi connectivity index (χ4v) is 9.30. The number of amides is 1. The van der Waals surface area contributed by atoms with Crippen LogP contribution in [-0.2, 0) is 13.9 Å². The number of nitrogens with one attached hydrogen (secondary N) is 1. The Hall–Kier alpha value is -3.68. The lowest BCUT2D eigenvalue weighted by Gasteiger charge is -2.44. The van der Waals surface area contributed by atoms with Gasteiger partial charge >= 0.3 is 12.1 Å². The van der Waals surface area contributed by atoms with Gasteiger partial charge in [0, 0.05) is 0 Å². The molecule has 0 heterocycles. The van der Waals surface area contributed by atoms with Crippen molar-refractivity contribution in [3.05, 3.63) is 109 Å². The van der Waals surface area contributed by atoms with E-state index in [2.05, 4.69) is 56.9 Å². The van der Waals surface area contributed by atoms with E-state index in [-0.39, 0.29) is 11.6 Å². The number of hydrogen-bond donors (Lipinski definition) is 1. The van der Waals surface area contributed by atoms with Crippen LogP contribution in [0.15, 0.2) is 104 Å². The number of alkyl carbamates (subject to hydrolysis) is 1. The third kappa shape index (κ3) is 7.70. The molecule has 0 saturated carbocycles. The third-order valence-electron chi connectivity index (χ3n) is 6.48. The zero-order valence-corrected chi connectivity index (χ0v) is 25.3. The average molecular weight is 560 g/mol. The number of rotatable bonds is 10. The van der Waals surface area contributed by atoms with E-state index in [9.17, 15) is 9.59 Å². The van der Waals surface area contributed by atoms with E-state index in [4.69, 9.17) is 13.9 Å². The lowest BCUT2D eigenvalue weighted by molar-refractivity contribution is 0.0191.